The van der Waals surface area contributed by atoms with E-state index in [4.69, 9.17) is 9.47 Å². The summed E-state index contributed by atoms with van der Waals surface area (Å²) in [6.45, 7) is 0. The lowest BCUT2D eigenvalue weighted by Crippen LogP contribution is -2.17. The van der Waals surface area contributed by atoms with Crippen LogP contribution in [-0.4, -0.2) is 31.3 Å². The van der Waals surface area contributed by atoms with Gasteiger partial charge in [-0.15, -0.1) is 0 Å². The number of rotatable bonds is 5. The van der Waals surface area contributed by atoms with Crippen LogP contribution in [0.2, 0.25) is 0 Å². The maximum Gasteiger partial charge on any atom is 0.287 e. The van der Waals surface area contributed by atoms with Crippen LogP contribution in [0.5, 0.6) is 11.5 Å². The van der Waals surface area contributed by atoms with Crippen LogP contribution in [0.3, 0.4) is 0 Å². The van der Waals surface area contributed by atoms with Gasteiger partial charge in [-0.2, -0.15) is 5.10 Å². The Kier molecular flexibility index (Phi) is 4.47. The number of hydrogen-bond donors (Lipinski definition) is 2. The van der Waals surface area contributed by atoms with Crippen molar-refractivity contribution >= 4 is 23.0 Å². The quantitative estimate of drug-likeness (QED) is 0.560. The zero-order chi connectivity index (χ0) is 16.9. The van der Waals surface area contributed by atoms with Crippen molar-refractivity contribution in [3.63, 3.8) is 0 Å². The second-order valence-electron chi connectivity index (χ2n) is 5.08. The molecule has 0 aliphatic heterocycles. The van der Waals surface area contributed by atoms with Crippen molar-refractivity contribution in [3.05, 3.63) is 59.8 Å². The minimum atomic E-state index is -0.326. The smallest absolute Gasteiger partial charge is 0.287 e. The molecule has 1 aromatic heterocycles. The summed E-state index contributed by atoms with van der Waals surface area (Å²) >= 11 is 0. The highest BCUT2D eigenvalue weighted by atomic mass is 16.5. The third kappa shape index (κ3) is 3.22. The molecular formula is C18H17N3O3. The van der Waals surface area contributed by atoms with Crippen LogP contribution in [-0.2, 0) is 0 Å². The number of carbonyl (C=O) groups excluding carboxylic acids is 1. The fraction of sp³-hybridized carbons (Fsp3) is 0.111. The predicted molar refractivity (Wildman–Crippen MR) is 92.9 cm³/mol. The Labute approximate surface area is 139 Å². The number of ether oxygens (including phenoxy) is 2. The van der Waals surface area contributed by atoms with E-state index in [1.807, 2.05) is 42.5 Å². The average molecular weight is 323 g/mol. The molecule has 0 bridgehead atoms. The van der Waals surface area contributed by atoms with Crippen molar-refractivity contribution in [2.24, 2.45) is 5.10 Å². The second kappa shape index (κ2) is 6.87. The van der Waals surface area contributed by atoms with Crippen LogP contribution in [0.15, 0.2) is 53.6 Å². The minimum Gasteiger partial charge on any atom is -0.497 e. The number of aromatic amines is 1. The van der Waals surface area contributed by atoms with Gasteiger partial charge in [-0.25, -0.2) is 5.43 Å². The number of H-pyrrole nitrogens is 1. The Morgan fingerprint density at radius 1 is 1.12 bits per heavy atom. The number of hydrazone groups is 1. The van der Waals surface area contributed by atoms with E-state index in [1.165, 1.54) is 0 Å². The number of carbonyl (C=O) groups is 1. The molecule has 0 saturated carbocycles. The van der Waals surface area contributed by atoms with Crippen molar-refractivity contribution < 1.29 is 14.3 Å². The summed E-state index contributed by atoms with van der Waals surface area (Å²) in [4.78, 5) is 15.3. The molecule has 2 aromatic carbocycles. The molecule has 3 aromatic rings. The number of benzene rings is 2. The molecule has 0 radical (unpaired) electrons. The number of amides is 1. The highest BCUT2D eigenvalue weighted by Gasteiger charge is 2.11. The molecule has 0 unspecified atom stereocenters. The van der Waals surface area contributed by atoms with Crippen molar-refractivity contribution in [1.29, 1.82) is 0 Å². The van der Waals surface area contributed by atoms with E-state index in [2.05, 4.69) is 15.5 Å². The van der Waals surface area contributed by atoms with Gasteiger partial charge in [-0.1, -0.05) is 18.2 Å². The van der Waals surface area contributed by atoms with Crippen LogP contribution in [0.25, 0.3) is 10.9 Å². The molecule has 2 N–H and O–H groups in total. The van der Waals surface area contributed by atoms with Gasteiger partial charge in [-0.3, -0.25) is 4.79 Å². The molecule has 0 aliphatic rings. The molecule has 6 nitrogen and oxygen atoms in total. The molecule has 0 saturated heterocycles. The molecule has 122 valence electrons. The third-order valence-corrected chi connectivity index (χ3v) is 3.56. The van der Waals surface area contributed by atoms with Crippen LogP contribution >= 0.6 is 0 Å². The first-order chi connectivity index (χ1) is 11.7. The molecule has 0 atom stereocenters. The molecule has 0 spiro atoms. The topological polar surface area (TPSA) is 75.7 Å². The molecule has 6 heteroatoms. The van der Waals surface area contributed by atoms with Gasteiger partial charge in [0.1, 0.15) is 17.2 Å². The van der Waals surface area contributed by atoms with Gasteiger partial charge in [0.2, 0.25) is 0 Å². The maximum atomic E-state index is 12.2. The Morgan fingerprint density at radius 3 is 2.75 bits per heavy atom. The number of methoxy groups -OCH3 is 2. The number of nitrogens with one attached hydrogen (secondary N) is 2. The minimum absolute atomic E-state index is 0.326. The molecule has 1 amide bonds. The first-order valence-corrected chi connectivity index (χ1v) is 7.34. The van der Waals surface area contributed by atoms with E-state index in [1.54, 1.807) is 26.5 Å². The van der Waals surface area contributed by atoms with Gasteiger partial charge < -0.3 is 14.5 Å². The van der Waals surface area contributed by atoms with E-state index < -0.39 is 0 Å². The van der Waals surface area contributed by atoms with E-state index in [0.29, 0.717) is 11.4 Å². The molecule has 0 aliphatic carbocycles. The Hall–Kier alpha value is -3.28. The van der Waals surface area contributed by atoms with Crippen LogP contribution in [0.4, 0.5) is 0 Å². The summed E-state index contributed by atoms with van der Waals surface area (Å²) in [6, 6.07) is 14.7. The SMILES string of the molecule is COc1cccc(/C=N\NC(=O)c2cc3c(OC)cccc3[nH]2)c1. The molecule has 24 heavy (non-hydrogen) atoms. The summed E-state index contributed by atoms with van der Waals surface area (Å²) in [6.07, 6.45) is 1.56. The van der Waals surface area contributed by atoms with Crippen LogP contribution in [0.1, 0.15) is 16.1 Å². The second-order valence-corrected chi connectivity index (χ2v) is 5.08. The van der Waals surface area contributed by atoms with E-state index in [0.717, 1.165) is 22.2 Å². The lowest BCUT2D eigenvalue weighted by molar-refractivity contribution is 0.0951. The molecule has 3 rings (SSSR count). The van der Waals surface area contributed by atoms with Gasteiger partial charge in [0.15, 0.2) is 0 Å². The first-order valence-electron chi connectivity index (χ1n) is 7.34. The number of aromatic nitrogens is 1. The van der Waals surface area contributed by atoms with Crippen LogP contribution < -0.4 is 14.9 Å². The number of hydrogen-bond acceptors (Lipinski definition) is 4. The zero-order valence-electron chi connectivity index (χ0n) is 13.4. The molecule has 1 heterocycles. The summed E-state index contributed by atoms with van der Waals surface area (Å²) in [5.41, 5.74) is 4.57. The van der Waals surface area contributed by atoms with E-state index >= 15 is 0 Å². The highest BCUT2D eigenvalue weighted by molar-refractivity contribution is 6.00. The van der Waals surface area contributed by atoms with Gasteiger partial charge >= 0.3 is 0 Å². The summed E-state index contributed by atoms with van der Waals surface area (Å²) in [5.74, 6) is 1.11. The fourth-order valence-electron chi connectivity index (χ4n) is 2.38. The third-order valence-electron chi connectivity index (χ3n) is 3.56. The highest BCUT2D eigenvalue weighted by Crippen LogP contribution is 2.25. The average Bonchev–Trinajstić information content (AvgIpc) is 3.06. The van der Waals surface area contributed by atoms with Gasteiger partial charge in [0, 0.05) is 10.9 Å². The Bertz CT molecular complexity index is 899. The van der Waals surface area contributed by atoms with Gasteiger partial charge in [-0.05, 0) is 35.9 Å². The number of fused-ring (bicyclic) bond motifs is 1. The van der Waals surface area contributed by atoms with E-state index in [-0.39, 0.29) is 5.91 Å². The molecular weight excluding hydrogens is 306 g/mol. The van der Waals surface area contributed by atoms with Gasteiger partial charge in [0.05, 0.1) is 20.4 Å². The van der Waals surface area contributed by atoms with Crippen molar-refractivity contribution in [3.8, 4) is 11.5 Å². The largest absolute Gasteiger partial charge is 0.497 e. The number of nitrogens with zero attached hydrogens (tertiary/aromatic N) is 1. The van der Waals surface area contributed by atoms with Gasteiger partial charge in [0.25, 0.3) is 5.91 Å². The van der Waals surface area contributed by atoms with Crippen molar-refractivity contribution in [2.45, 2.75) is 0 Å². The Balaban J connectivity index is 1.74. The predicted octanol–water partition coefficient (Wildman–Crippen LogP) is 2.95. The molecule has 0 fully saturated rings. The maximum absolute atomic E-state index is 12.2. The standard InChI is InChI=1S/C18H17N3O3/c1-23-13-6-3-5-12(9-13)11-19-21-18(22)16-10-14-15(20-16)7-4-8-17(14)24-2/h3-11,20H,1-2H3,(H,21,22)/b19-11-. The van der Waals surface area contributed by atoms with Crippen molar-refractivity contribution in [1.82, 2.24) is 10.4 Å². The van der Waals surface area contributed by atoms with Crippen LogP contribution in [0, 0.1) is 0 Å². The zero-order valence-corrected chi connectivity index (χ0v) is 13.4. The summed E-state index contributed by atoms with van der Waals surface area (Å²) < 4.78 is 10.4. The fourth-order valence-corrected chi connectivity index (χ4v) is 2.38. The van der Waals surface area contributed by atoms with E-state index in [9.17, 15) is 4.79 Å². The first kappa shape index (κ1) is 15.6. The monoisotopic (exact) mass is 323 g/mol. The summed E-state index contributed by atoms with van der Waals surface area (Å²) in [5, 5.41) is 4.82. The Morgan fingerprint density at radius 2 is 1.96 bits per heavy atom. The van der Waals surface area contributed by atoms with Crippen molar-refractivity contribution in [2.75, 3.05) is 14.2 Å². The normalized spacial score (nSPS) is 10.9. The lowest BCUT2D eigenvalue weighted by Gasteiger charge is -2.00. The summed E-state index contributed by atoms with van der Waals surface area (Å²) in [7, 11) is 3.20. The lowest BCUT2D eigenvalue weighted by atomic mass is 10.2.